The maximum Gasteiger partial charge on any atom is 0.416 e. The zero-order valence-electron chi connectivity index (χ0n) is 16.3. The Morgan fingerprint density at radius 1 is 1.10 bits per heavy atom. The third-order valence-electron chi connectivity index (χ3n) is 4.96. The molecule has 0 amide bonds. The zero-order chi connectivity index (χ0) is 21.9. The van der Waals surface area contributed by atoms with Gasteiger partial charge in [0, 0.05) is 23.4 Å². The van der Waals surface area contributed by atoms with Gasteiger partial charge in [0.1, 0.15) is 11.7 Å². The van der Waals surface area contributed by atoms with Crippen LogP contribution in [0, 0.1) is 5.92 Å². The third-order valence-corrected chi connectivity index (χ3v) is 4.96. The second-order valence-electron chi connectivity index (χ2n) is 6.86. The Hall–Kier alpha value is -3.29. The van der Waals surface area contributed by atoms with Crippen molar-refractivity contribution in [1.82, 2.24) is 0 Å². The van der Waals surface area contributed by atoms with Crippen molar-refractivity contribution in [2.45, 2.75) is 18.5 Å². The van der Waals surface area contributed by atoms with Crippen LogP contribution in [0.15, 0.2) is 60.3 Å². The molecule has 3 rings (SSSR count). The number of alkyl halides is 3. The molecule has 2 aromatic rings. The molecule has 0 heterocycles. The van der Waals surface area contributed by atoms with E-state index in [-0.39, 0.29) is 12.1 Å². The second kappa shape index (κ2) is 8.61. The highest BCUT2D eigenvalue weighted by Crippen LogP contribution is 2.38. The van der Waals surface area contributed by atoms with Gasteiger partial charge in [0.25, 0.3) is 0 Å². The quantitative estimate of drug-likeness (QED) is 0.569. The first-order chi connectivity index (χ1) is 14.2. The molecule has 0 aliphatic heterocycles. The molecule has 0 unspecified atom stereocenters. The van der Waals surface area contributed by atoms with Crippen molar-refractivity contribution in [3.05, 3.63) is 71.4 Å². The number of hydrogen-bond donors (Lipinski definition) is 1. The van der Waals surface area contributed by atoms with E-state index in [1.165, 1.54) is 32.4 Å². The number of halogens is 3. The number of esters is 1. The SMILES string of the molecule is COC(=O)[C@H]1C(=O)C=C(Nc2cccc(C(F)(F)F)c2)C[C@H]1c1ccc(OC)cc1. The first kappa shape index (κ1) is 21.4. The number of ether oxygens (including phenoxy) is 2. The van der Waals surface area contributed by atoms with Gasteiger partial charge in [-0.3, -0.25) is 9.59 Å². The van der Waals surface area contributed by atoms with E-state index in [1.807, 2.05) is 0 Å². The summed E-state index contributed by atoms with van der Waals surface area (Å²) in [5, 5.41) is 2.89. The van der Waals surface area contributed by atoms with Crippen LogP contribution in [0.5, 0.6) is 5.75 Å². The van der Waals surface area contributed by atoms with E-state index in [4.69, 9.17) is 9.47 Å². The summed E-state index contributed by atoms with van der Waals surface area (Å²) in [6.45, 7) is 0. The van der Waals surface area contributed by atoms with E-state index < -0.39 is 35.3 Å². The summed E-state index contributed by atoms with van der Waals surface area (Å²) in [5.74, 6) is -2.07. The van der Waals surface area contributed by atoms with Crippen LogP contribution < -0.4 is 10.1 Å². The van der Waals surface area contributed by atoms with Crippen molar-refractivity contribution in [1.29, 1.82) is 0 Å². The standard InChI is InChI=1S/C22H20F3NO4/c1-29-17-8-6-13(7-9-17)18-11-16(12-19(27)20(18)21(28)30-2)26-15-5-3-4-14(10-15)22(23,24)25/h3-10,12,18,20,26H,11H2,1-2H3/t18-,20+/m0/s1. The minimum Gasteiger partial charge on any atom is -0.497 e. The fourth-order valence-corrected chi connectivity index (χ4v) is 3.49. The molecule has 1 aliphatic rings. The van der Waals surface area contributed by atoms with E-state index in [9.17, 15) is 22.8 Å². The minimum atomic E-state index is -4.48. The highest BCUT2D eigenvalue weighted by Gasteiger charge is 2.39. The lowest BCUT2D eigenvalue weighted by molar-refractivity contribution is -0.149. The molecule has 0 fully saturated rings. The monoisotopic (exact) mass is 419 g/mol. The van der Waals surface area contributed by atoms with Crippen molar-refractivity contribution in [3.63, 3.8) is 0 Å². The van der Waals surface area contributed by atoms with Gasteiger partial charge in [0.15, 0.2) is 5.78 Å². The molecule has 1 aliphatic carbocycles. The lowest BCUT2D eigenvalue weighted by atomic mass is 9.76. The van der Waals surface area contributed by atoms with Gasteiger partial charge in [-0.2, -0.15) is 13.2 Å². The molecule has 8 heteroatoms. The Bertz CT molecular complexity index is 967. The Balaban J connectivity index is 1.91. The molecule has 0 radical (unpaired) electrons. The number of allylic oxidation sites excluding steroid dienone is 2. The largest absolute Gasteiger partial charge is 0.497 e. The Kier molecular flexibility index (Phi) is 6.14. The zero-order valence-corrected chi connectivity index (χ0v) is 16.3. The van der Waals surface area contributed by atoms with E-state index in [0.29, 0.717) is 11.4 Å². The molecule has 5 nitrogen and oxygen atoms in total. The summed E-state index contributed by atoms with van der Waals surface area (Å²) >= 11 is 0. The Labute approximate surface area is 171 Å². The number of rotatable bonds is 5. The number of carbonyl (C=O) groups excluding carboxylic acids is 2. The highest BCUT2D eigenvalue weighted by molar-refractivity contribution is 6.07. The average Bonchev–Trinajstić information content (AvgIpc) is 2.72. The molecular formula is C22H20F3NO4. The molecule has 0 saturated carbocycles. The number of carbonyl (C=O) groups is 2. The predicted octanol–water partition coefficient (Wildman–Crippen LogP) is 4.56. The molecule has 0 aromatic heterocycles. The maximum atomic E-state index is 13.0. The van der Waals surface area contributed by atoms with Crippen LogP contribution >= 0.6 is 0 Å². The lowest BCUT2D eigenvalue weighted by Gasteiger charge is -2.29. The van der Waals surface area contributed by atoms with E-state index in [1.54, 1.807) is 24.3 Å². The van der Waals surface area contributed by atoms with Crippen LogP contribution in [-0.2, 0) is 20.5 Å². The van der Waals surface area contributed by atoms with Crippen LogP contribution in [0.1, 0.15) is 23.5 Å². The number of methoxy groups -OCH3 is 2. The van der Waals surface area contributed by atoms with Crippen molar-refractivity contribution >= 4 is 17.4 Å². The van der Waals surface area contributed by atoms with Gasteiger partial charge in [-0.1, -0.05) is 18.2 Å². The van der Waals surface area contributed by atoms with Gasteiger partial charge in [0.2, 0.25) is 0 Å². The van der Waals surface area contributed by atoms with Gasteiger partial charge in [0.05, 0.1) is 19.8 Å². The maximum absolute atomic E-state index is 13.0. The normalized spacial score (nSPS) is 19.1. The van der Waals surface area contributed by atoms with Crippen molar-refractivity contribution < 1.29 is 32.2 Å². The molecule has 0 saturated heterocycles. The first-order valence-corrected chi connectivity index (χ1v) is 9.13. The van der Waals surface area contributed by atoms with Gasteiger partial charge >= 0.3 is 12.1 Å². The second-order valence-corrected chi connectivity index (χ2v) is 6.86. The highest BCUT2D eigenvalue weighted by atomic mass is 19.4. The number of nitrogens with one attached hydrogen (secondary N) is 1. The molecule has 0 spiro atoms. The number of anilines is 1. The van der Waals surface area contributed by atoms with Gasteiger partial charge in [-0.15, -0.1) is 0 Å². The molecular weight excluding hydrogens is 399 g/mol. The third kappa shape index (κ3) is 4.64. The Morgan fingerprint density at radius 3 is 2.40 bits per heavy atom. The smallest absolute Gasteiger partial charge is 0.416 e. The molecule has 30 heavy (non-hydrogen) atoms. The summed E-state index contributed by atoms with van der Waals surface area (Å²) < 4.78 is 48.9. The van der Waals surface area contributed by atoms with Gasteiger partial charge < -0.3 is 14.8 Å². The molecule has 2 aromatic carbocycles. The summed E-state index contributed by atoms with van der Waals surface area (Å²) in [6, 6.07) is 11.6. The summed E-state index contributed by atoms with van der Waals surface area (Å²) in [5.41, 5.74) is 0.541. The Morgan fingerprint density at radius 2 is 1.80 bits per heavy atom. The number of hydrogen-bond acceptors (Lipinski definition) is 5. The van der Waals surface area contributed by atoms with E-state index in [0.717, 1.165) is 17.7 Å². The number of benzene rings is 2. The van der Waals surface area contributed by atoms with E-state index in [2.05, 4.69) is 5.32 Å². The molecule has 1 N–H and O–H groups in total. The van der Waals surface area contributed by atoms with Crippen molar-refractivity contribution in [2.75, 3.05) is 19.5 Å². The van der Waals surface area contributed by atoms with Crippen LogP contribution in [0.3, 0.4) is 0 Å². The van der Waals surface area contributed by atoms with Crippen molar-refractivity contribution in [3.8, 4) is 5.75 Å². The first-order valence-electron chi connectivity index (χ1n) is 9.13. The average molecular weight is 419 g/mol. The van der Waals surface area contributed by atoms with Gasteiger partial charge in [-0.05, 0) is 42.3 Å². The lowest BCUT2D eigenvalue weighted by Crippen LogP contribution is -2.34. The predicted molar refractivity (Wildman–Crippen MR) is 104 cm³/mol. The summed E-state index contributed by atoms with van der Waals surface area (Å²) in [7, 11) is 2.73. The molecule has 2 atom stereocenters. The van der Waals surface area contributed by atoms with Crippen LogP contribution in [0.2, 0.25) is 0 Å². The topological polar surface area (TPSA) is 64.6 Å². The minimum absolute atomic E-state index is 0.203. The molecule has 158 valence electrons. The molecule has 0 bridgehead atoms. The van der Waals surface area contributed by atoms with Crippen LogP contribution in [0.4, 0.5) is 18.9 Å². The summed E-state index contributed by atoms with van der Waals surface area (Å²) in [6.07, 6.45) is -2.98. The summed E-state index contributed by atoms with van der Waals surface area (Å²) in [4.78, 5) is 25.0. The van der Waals surface area contributed by atoms with Gasteiger partial charge in [-0.25, -0.2) is 0 Å². The fraction of sp³-hybridized carbons (Fsp3) is 0.273. The number of ketones is 1. The van der Waals surface area contributed by atoms with Crippen LogP contribution in [0.25, 0.3) is 0 Å². The van der Waals surface area contributed by atoms with E-state index >= 15 is 0 Å². The van der Waals surface area contributed by atoms with Crippen molar-refractivity contribution in [2.24, 2.45) is 5.92 Å². The van der Waals surface area contributed by atoms with Crippen LogP contribution in [-0.4, -0.2) is 26.0 Å². The fourth-order valence-electron chi connectivity index (χ4n) is 3.49.